The van der Waals surface area contributed by atoms with Gasteiger partial charge in [0.2, 0.25) is 5.95 Å². The van der Waals surface area contributed by atoms with E-state index in [0.29, 0.717) is 0 Å². The summed E-state index contributed by atoms with van der Waals surface area (Å²) < 4.78 is 0. The van der Waals surface area contributed by atoms with Crippen molar-refractivity contribution in [3.05, 3.63) is 72.4 Å². The molecule has 0 N–H and O–H groups in total. The smallest absolute Gasteiger partial charge is 0.227 e. The van der Waals surface area contributed by atoms with Crippen LogP contribution < -0.4 is 14.7 Å². The molecule has 2 aliphatic heterocycles. The molecule has 0 aliphatic carbocycles. The number of rotatable bonds is 3. The summed E-state index contributed by atoms with van der Waals surface area (Å²) in [5.41, 5.74) is 3.99. The van der Waals surface area contributed by atoms with Gasteiger partial charge < -0.3 is 14.7 Å². The maximum atomic E-state index is 4.94. The number of hydrogen-bond acceptors (Lipinski definition) is 5. The normalized spacial score (nSPS) is 16.8. The molecular formula is C23H25N5. The van der Waals surface area contributed by atoms with E-state index in [9.17, 15) is 0 Å². The van der Waals surface area contributed by atoms with E-state index in [1.54, 1.807) is 0 Å². The Kier molecular flexibility index (Phi) is 4.57. The number of benzene rings is 2. The van der Waals surface area contributed by atoms with Gasteiger partial charge in [0.15, 0.2) is 0 Å². The van der Waals surface area contributed by atoms with E-state index in [-0.39, 0.29) is 0 Å². The molecule has 0 atom stereocenters. The van der Waals surface area contributed by atoms with E-state index in [2.05, 4.69) is 74.3 Å². The summed E-state index contributed by atoms with van der Waals surface area (Å²) in [4.78, 5) is 16.6. The fraction of sp³-hybridized carbons (Fsp3) is 0.304. The second kappa shape index (κ2) is 7.50. The number of piperazine rings is 1. The van der Waals surface area contributed by atoms with Crippen molar-refractivity contribution >= 4 is 23.1 Å². The minimum atomic E-state index is 0.841. The van der Waals surface area contributed by atoms with E-state index in [1.165, 1.54) is 16.9 Å². The van der Waals surface area contributed by atoms with Crippen LogP contribution in [0, 0.1) is 0 Å². The van der Waals surface area contributed by atoms with Crippen molar-refractivity contribution < 1.29 is 0 Å². The van der Waals surface area contributed by atoms with Crippen LogP contribution >= 0.6 is 0 Å². The molecule has 2 aromatic carbocycles. The molecule has 2 aliphatic rings. The average molecular weight is 371 g/mol. The monoisotopic (exact) mass is 371 g/mol. The van der Waals surface area contributed by atoms with Crippen LogP contribution in [-0.2, 0) is 6.42 Å². The highest BCUT2D eigenvalue weighted by atomic mass is 15.3. The Morgan fingerprint density at radius 1 is 0.714 bits per heavy atom. The largest absolute Gasteiger partial charge is 0.368 e. The average Bonchev–Trinajstić information content (AvgIpc) is 2.79. The molecule has 0 amide bonds. The van der Waals surface area contributed by atoms with Crippen molar-refractivity contribution in [2.24, 2.45) is 0 Å². The van der Waals surface area contributed by atoms with E-state index in [4.69, 9.17) is 4.98 Å². The highest BCUT2D eigenvalue weighted by Gasteiger charge is 2.22. The lowest BCUT2D eigenvalue weighted by Crippen LogP contribution is -2.47. The number of fused-ring (bicyclic) bond motifs is 1. The van der Waals surface area contributed by atoms with Crippen LogP contribution in [0.5, 0.6) is 0 Å². The number of nitrogens with zero attached hydrogens (tertiary/aromatic N) is 5. The maximum absolute atomic E-state index is 4.94. The molecule has 0 unspecified atom stereocenters. The van der Waals surface area contributed by atoms with Crippen LogP contribution in [0.25, 0.3) is 0 Å². The zero-order valence-corrected chi connectivity index (χ0v) is 16.0. The molecule has 3 aromatic rings. The molecule has 0 radical (unpaired) electrons. The number of anilines is 4. The Hall–Kier alpha value is -3.08. The third-order valence-corrected chi connectivity index (χ3v) is 5.70. The van der Waals surface area contributed by atoms with E-state index in [1.807, 2.05) is 12.3 Å². The van der Waals surface area contributed by atoms with Gasteiger partial charge in [-0.3, -0.25) is 0 Å². The van der Waals surface area contributed by atoms with Gasteiger partial charge in [0.05, 0.1) is 0 Å². The summed E-state index contributed by atoms with van der Waals surface area (Å²) in [6, 6.07) is 21.3. The molecule has 1 aromatic heterocycles. The second-order valence-electron chi connectivity index (χ2n) is 7.41. The zero-order valence-electron chi connectivity index (χ0n) is 16.0. The van der Waals surface area contributed by atoms with Gasteiger partial charge in [-0.2, -0.15) is 4.98 Å². The van der Waals surface area contributed by atoms with Gasteiger partial charge in [0, 0.05) is 50.3 Å². The highest BCUT2D eigenvalue weighted by Crippen LogP contribution is 2.32. The van der Waals surface area contributed by atoms with Gasteiger partial charge in [0.1, 0.15) is 5.82 Å². The molecule has 0 bridgehead atoms. The summed E-state index contributed by atoms with van der Waals surface area (Å²) in [7, 11) is 0. The Bertz CT molecular complexity index is 934. The first-order chi connectivity index (χ1) is 13.9. The predicted octanol–water partition coefficient (Wildman–Crippen LogP) is 3.89. The Balaban J connectivity index is 1.33. The lowest BCUT2D eigenvalue weighted by atomic mass is 10.0. The first-order valence-electron chi connectivity index (χ1n) is 10.1. The van der Waals surface area contributed by atoms with Gasteiger partial charge >= 0.3 is 0 Å². The van der Waals surface area contributed by atoms with Gasteiger partial charge in [-0.25, -0.2) is 4.98 Å². The van der Waals surface area contributed by atoms with Crippen molar-refractivity contribution in [1.29, 1.82) is 0 Å². The molecule has 1 saturated heterocycles. The lowest BCUT2D eigenvalue weighted by Gasteiger charge is -2.36. The molecule has 1 fully saturated rings. The maximum Gasteiger partial charge on any atom is 0.227 e. The summed E-state index contributed by atoms with van der Waals surface area (Å²) in [5.74, 6) is 1.84. The standard InChI is InChI=1S/C23H25N5/c1-2-9-20(10-3-1)26-15-17-27(18-16-26)23-24-13-12-22(25-23)28-14-6-8-19-7-4-5-11-21(19)28/h1-5,7,9-13H,6,8,14-18H2. The fourth-order valence-electron chi connectivity index (χ4n) is 4.22. The molecule has 0 spiro atoms. The van der Waals surface area contributed by atoms with E-state index in [0.717, 1.165) is 57.3 Å². The molecule has 3 heterocycles. The first-order valence-corrected chi connectivity index (χ1v) is 10.1. The third kappa shape index (κ3) is 3.28. The number of aryl methyl sites for hydroxylation is 1. The Labute approximate surface area is 166 Å². The molecule has 0 saturated carbocycles. The minimum Gasteiger partial charge on any atom is -0.368 e. The topological polar surface area (TPSA) is 35.5 Å². The zero-order chi connectivity index (χ0) is 18.8. The van der Waals surface area contributed by atoms with Crippen molar-refractivity contribution in [2.45, 2.75) is 12.8 Å². The van der Waals surface area contributed by atoms with Gasteiger partial charge in [-0.15, -0.1) is 0 Å². The summed E-state index contributed by atoms with van der Waals surface area (Å²) in [6.45, 7) is 4.87. The minimum absolute atomic E-state index is 0.841. The second-order valence-corrected chi connectivity index (χ2v) is 7.41. The van der Waals surface area contributed by atoms with E-state index < -0.39 is 0 Å². The van der Waals surface area contributed by atoms with Crippen LogP contribution in [0.1, 0.15) is 12.0 Å². The molecular weight excluding hydrogens is 346 g/mol. The van der Waals surface area contributed by atoms with Crippen LogP contribution in [-0.4, -0.2) is 42.7 Å². The summed E-state index contributed by atoms with van der Waals surface area (Å²) in [5, 5.41) is 0. The third-order valence-electron chi connectivity index (χ3n) is 5.70. The number of para-hydroxylation sites is 2. The SMILES string of the molecule is c1ccc(N2CCN(c3nccc(N4CCCc5ccccc54)n3)CC2)cc1. The first kappa shape index (κ1) is 17.0. The van der Waals surface area contributed by atoms with Crippen LogP contribution in [0.4, 0.5) is 23.1 Å². The lowest BCUT2D eigenvalue weighted by molar-refractivity contribution is 0.639. The quantitative estimate of drug-likeness (QED) is 0.698. The fourth-order valence-corrected chi connectivity index (χ4v) is 4.22. The summed E-state index contributed by atoms with van der Waals surface area (Å²) in [6.07, 6.45) is 4.20. The van der Waals surface area contributed by atoms with Gasteiger partial charge in [0.25, 0.3) is 0 Å². The molecule has 5 nitrogen and oxygen atoms in total. The van der Waals surface area contributed by atoms with Crippen LogP contribution in [0.3, 0.4) is 0 Å². The summed E-state index contributed by atoms with van der Waals surface area (Å²) >= 11 is 0. The Morgan fingerprint density at radius 3 is 2.32 bits per heavy atom. The predicted molar refractivity (Wildman–Crippen MR) is 115 cm³/mol. The number of hydrogen-bond donors (Lipinski definition) is 0. The van der Waals surface area contributed by atoms with Crippen LogP contribution in [0.2, 0.25) is 0 Å². The van der Waals surface area contributed by atoms with E-state index >= 15 is 0 Å². The van der Waals surface area contributed by atoms with Gasteiger partial charge in [-0.1, -0.05) is 36.4 Å². The molecule has 5 heteroatoms. The van der Waals surface area contributed by atoms with Crippen molar-refractivity contribution in [3.8, 4) is 0 Å². The van der Waals surface area contributed by atoms with Crippen molar-refractivity contribution in [3.63, 3.8) is 0 Å². The molecule has 142 valence electrons. The van der Waals surface area contributed by atoms with Gasteiger partial charge in [-0.05, 0) is 42.7 Å². The van der Waals surface area contributed by atoms with Crippen molar-refractivity contribution in [1.82, 2.24) is 9.97 Å². The van der Waals surface area contributed by atoms with Crippen LogP contribution in [0.15, 0.2) is 66.9 Å². The molecule has 5 rings (SSSR count). The van der Waals surface area contributed by atoms with Crippen molar-refractivity contribution in [2.75, 3.05) is 47.4 Å². The molecule has 28 heavy (non-hydrogen) atoms. The number of aromatic nitrogens is 2. The highest BCUT2D eigenvalue weighted by molar-refractivity contribution is 5.66. The Morgan fingerprint density at radius 2 is 1.46 bits per heavy atom.